The second-order valence-electron chi connectivity index (χ2n) is 4.42. The molecule has 18 heavy (non-hydrogen) atoms. The number of rotatable bonds is 6. The predicted octanol–water partition coefficient (Wildman–Crippen LogP) is 1.67. The molecule has 0 aliphatic heterocycles. The van der Waals surface area contributed by atoms with Crippen molar-refractivity contribution in [2.75, 3.05) is 18.1 Å². The predicted molar refractivity (Wildman–Crippen MR) is 69.1 cm³/mol. The van der Waals surface area contributed by atoms with Gasteiger partial charge in [0.05, 0.1) is 17.6 Å². The van der Waals surface area contributed by atoms with Crippen LogP contribution in [-0.4, -0.2) is 34.3 Å². The Kier molecular flexibility index (Phi) is 3.84. The summed E-state index contributed by atoms with van der Waals surface area (Å²) in [5.41, 5.74) is 0.0243. The fourth-order valence-corrected chi connectivity index (χ4v) is 3.04. The van der Waals surface area contributed by atoms with Gasteiger partial charge in [-0.2, -0.15) is 0 Å². The van der Waals surface area contributed by atoms with Gasteiger partial charge in [-0.05, 0) is 19.8 Å². The number of nitro groups is 1. The minimum absolute atomic E-state index is 0.0243. The summed E-state index contributed by atoms with van der Waals surface area (Å²) >= 11 is 1.24. The van der Waals surface area contributed by atoms with E-state index in [0.29, 0.717) is 16.4 Å². The Morgan fingerprint density at radius 1 is 1.67 bits per heavy atom. The van der Waals surface area contributed by atoms with Crippen molar-refractivity contribution in [3.63, 3.8) is 0 Å². The fourth-order valence-electron chi connectivity index (χ4n) is 1.88. The Bertz CT molecular complexity index is 442. The third-order valence-electron chi connectivity index (χ3n) is 2.91. The molecule has 0 aromatic carbocycles. The first-order valence-electron chi connectivity index (χ1n) is 5.88. The van der Waals surface area contributed by atoms with Gasteiger partial charge < -0.3 is 15.1 Å². The molecule has 2 rings (SSSR count). The molecule has 0 amide bonds. The van der Waals surface area contributed by atoms with Crippen molar-refractivity contribution in [1.29, 1.82) is 0 Å². The average Bonchev–Trinajstić information content (AvgIpc) is 3.03. The van der Waals surface area contributed by atoms with Crippen LogP contribution < -0.4 is 4.90 Å². The Hall–Kier alpha value is -1.18. The van der Waals surface area contributed by atoms with Crippen LogP contribution in [0.25, 0.3) is 0 Å². The summed E-state index contributed by atoms with van der Waals surface area (Å²) in [5.74, 6) is 0. The van der Waals surface area contributed by atoms with E-state index in [0.717, 1.165) is 12.8 Å². The molecule has 1 aromatic rings. The van der Waals surface area contributed by atoms with E-state index in [1.54, 1.807) is 6.92 Å². The van der Waals surface area contributed by atoms with E-state index in [1.807, 2.05) is 4.90 Å². The summed E-state index contributed by atoms with van der Waals surface area (Å²) in [5, 5.41) is 30.2. The Morgan fingerprint density at radius 3 is 2.78 bits per heavy atom. The fraction of sp³-hybridized carbons (Fsp3) is 0.636. The number of thiophene rings is 1. The van der Waals surface area contributed by atoms with Crippen LogP contribution in [0.1, 0.15) is 30.7 Å². The maximum atomic E-state index is 11.1. The highest BCUT2D eigenvalue weighted by Crippen LogP contribution is 2.44. The smallest absolute Gasteiger partial charge is 0.304 e. The largest absolute Gasteiger partial charge is 0.395 e. The minimum Gasteiger partial charge on any atom is -0.395 e. The molecule has 2 N–H and O–H groups in total. The first-order chi connectivity index (χ1) is 8.54. The highest BCUT2D eigenvalue weighted by Gasteiger charge is 2.34. The molecule has 1 fully saturated rings. The van der Waals surface area contributed by atoms with E-state index in [-0.39, 0.29) is 18.3 Å². The SMILES string of the molecule is CC(O)c1cc([N+](=O)[O-])c(N(CCO)C2CC2)s1. The second-order valence-corrected chi connectivity index (χ2v) is 5.48. The van der Waals surface area contributed by atoms with Crippen molar-refractivity contribution in [2.45, 2.75) is 31.9 Å². The molecule has 1 atom stereocenters. The zero-order chi connectivity index (χ0) is 13.3. The molecule has 0 radical (unpaired) electrons. The molecule has 1 aromatic heterocycles. The van der Waals surface area contributed by atoms with E-state index in [2.05, 4.69) is 0 Å². The highest BCUT2D eigenvalue weighted by molar-refractivity contribution is 7.16. The summed E-state index contributed by atoms with van der Waals surface area (Å²) in [6, 6.07) is 1.72. The number of aliphatic hydroxyl groups excluding tert-OH is 2. The lowest BCUT2D eigenvalue weighted by Crippen LogP contribution is -2.28. The Labute approximate surface area is 109 Å². The Balaban J connectivity index is 2.36. The molecule has 7 heteroatoms. The van der Waals surface area contributed by atoms with Gasteiger partial charge in [0.2, 0.25) is 0 Å². The summed E-state index contributed by atoms with van der Waals surface area (Å²) < 4.78 is 0. The van der Waals surface area contributed by atoms with Gasteiger partial charge in [0.1, 0.15) is 0 Å². The van der Waals surface area contributed by atoms with Crippen LogP contribution in [0.15, 0.2) is 6.07 Å². The van der Waals surface area contributed by atoms with Gasteiger partial charge in [-0.1, -0.05) is 0 Å². The molecule has 1 aliphatic rings. The zero-order valence-electron chi connectivity index (χ0n) is 10.1. The molecule has 0 saturated heterocycles. The molecule has 6 nitrogen and oxygen atoms in total. The van der Waals surface area contributed by atoms with Crippen LogP contribution >= 0.6 is 11.3 Å². The van der Waals surface area contributed by atoms with Crippen molar-refractivity contribution < 1.29 is 15.1 Å². The number of nitrogens with zero attached hydrogens (tertiary/aromatic N) is 2. The zero-order valence-corrected chi connectivity index (χ0v) is 10.9. The van der Waals surface area contributed by atoms with Crippen LogP contribution in [-0.2, 0) is 0 Å². The van der Waals surface area contributed by atoms with Crippen molar-refractivity contribution in [1.82, 2.24) is 0 Å². The molecule has 1 saturated carbocycles. The molecule has 0 spiro atoms. The Morgan fingerprint density at radius 2 is 2.33 bits per heavy atom. The normalized spacial score (nSPS) is 16.6. The van der Waals surface area contributed by atoms with Gasteiger partial charge in [-0.3, -0.25) is 10.1 Å². The van der Waals surface area contributed by atoms with Crippen molar-refractivity contribution in [3.05, 3.63) is 21.1 Å². The average molecular weight is 272 g/mol. The number of anilines is 1. The number of hydrogen-bond donors (Lipinski definition) is 2. The summed E-state index contributed by atoms with van der Waals surface area (Å²) in [6.07, 6.45) is 1.29. The molecule has 1 heterocycles. The first-order valence-corrected chi connectivity index (χ1v) is 6.70. The molecular weight excluding hydrogens is 256 g/mol. The van der Waals surface area contributed by atoms with E-state index in [9.17, 15) is 15.2 Å². The van der Waals surface area contributed by atoms with Crippen molar-refractivity contribution in [2.24, 2.45) is 0 Å². The van der Waals surface area contributed by atoms with Gasteiger partial charge in [0.25, 0.3) is 0 Å². The highest BCUT2D eigenvalue weighted by atomic mass is 32.1. The number of aliphatic hydroxyl groups is 2. The van der Waals surface area contributed by atoms with Crippen molar-refractivity contribution in [3.8, 4) is 0 Å². The van der Waals surface area contributed by atoms with Gasteiger partial charge in [0, 0.05) is 23.5 Å². The maximum Gasteiger partial charge on any atom is 0.304 e. The monoisotopic (exact) mass is 272 g/mol. The molecule has 1 aliphatic carbocycles. The summed E-state index contributed by atoms with van der Waals surface area (Å²) in [7, 11) is 0. The molecule has 1 unspecified atom stereocenters. The minimum atomic E-state index is -0.711. The van der Waals surface area contributed by atoms with Crippen LogP contribution in [0.5, 0.6) is 0 Å². The van der Waals surface area contributed by atoms with Gasteiger partial charge >= 0.3 is 5.69 Å². The second kappa shape index (κ2) is 5.21. The summed E-state index contributed by atoms with van der Waals surface area (Å²) in [6.45, 7) is 1.95. The van der Waals surface area contributed by atoms with Gasteiger partial charge in [-0.15, -0.1) is 11.3 Å². The standard InChI is InChI=1S/C11H16N2O4S/c1-7(15)10-6-9(13(16)17)11(18-10)12(4-5-14)8-2-3-8/h6-8,14-15H,2-5H2,1H3. The lowest BCUT2D eigenvalue weighted by Gasteiger charge is -2.20. The van der Waals surface area contributed by atoms with E-state index < -0.39 is 11.0 Å². The maximum absolute atomic E-state index is 11.1. The van der Waals surface area contributed by atoms with Crippen LogP contribution in [0.3, 0.4) is 0 Å². The van der Waals surface area contributed by atoms with Crippen LogP contribution in [0, 0.1) is 10.1 Å². The lowest BCUT2D eigenvalue weighted by molar-refractivity contribution is -0.383. The quantitative estimate of drug-likeness (QED) is 0.607. The number of hydrogen-bond acceptors (Lipinski definition) is 6. The van der Waals surface area contributed by atoms with E-state index >= 15 is 0 Å². The lowest BCUT2D eigenvalue weighted by atomic mass is 10.3. The van der Waals surface area contributed by atoms with Crippen molar-refractivity contribution >= 4 is 22.0 Å². The van der Waals surface area contributed by atoms with Crippen LogP contribution in [0.2, 0.25) is 0 Å². The topological polar surface area (TPSA) is 86.8 Å². The van der Waals surface area contributed by atoms with Crippen LogP contribution in [0.4, 0.5) is 10.7 Å². The third kappa shape index (κ3) is 2.63. The summed E-state index contributed by atoms with van der Waals surface area (Å²) in [4.78, 5) is 13.1. The molecular formula is C11H16N2O4S. The van der Waals surface area contributed by atoms with E-state index in [1.165, 1.54) is 17.4 Å². The van der Waals surface area contributed by atoms with Gasteiger partial charge in [0.15, 0.2) is 5.00 Å². The molecule has 100 valence electrons. The first kappa shape index (κ1) is 13.3. The molecule has 0 bridgehead atoms. The van der Waals surface area contributed by atoms with Gasteiger partial charge in [-0.25, -0.2) is 0 Å². The third-order valence-corrected chi connectivity index (χ3v) is 4.24. The van der Waals surface area contributed by atoms with E-state index in [4.69, 9.17) is 5.11 Å².